The molecule has 0 aliphatic heterocycles. The van der Waals surface area contributed by atoms with Crippen LogP contribution in [0, 0.1) is 0 Å². The van der Waals surface area contributed by atoms with E-state index < -0.39 is 5.76 Å². The van der Waals surface area contributed by atoms with E-state index in [0.717, 1.165) is 5.56 Å². The maximum atomic E-state index is 11.8. The third kappa shape index (κ3) is 2.46. The second-order valence-electron chi connectivity index (χ2n) is 4.09. The van der Waals surface area contributed by atoms with E-state index in [1.807, 2.05) is 0 Å². The third-order valence-corrected chi connectivity index (χ3v) is 2.96. The van der Waals surface area contributed by atoms with E-state index in [1.165, 1.54) is 4.57 Å². The second kappa shape index (κ2) is 5.26. The number of halogens is 1. The van der Waals surface area contributed by atoms with Crippen molar-refractivity contribution in [3.8, 4) is 11.4 Å². The Kier molecular flexibility index (Phi) is 3.30. The lowest BCUT2D eigenvalue weighted by Gasteiger charge is -2.04. The van der Waals surface area contributed by atoms with Gasteiger partial charge in [0.05, 0.1) is 6.54 Å². The van der Waals surface area contributed by atoms with Gasteiger partial charge in [-0.3, -0.25) is 14.1 Å². The fourth-order valence-electron chi connectivity index (χ4n) is 1.79. The van der Waals surface area contributed by atoms with Crippen molar-refractivity contribution in [3.05, 3.63) is 64.1 Å². The molecule has 3 aromatic heterocycles. The van der Waals surface area contributed by atoms with Gasteiger partial charge in [0.25, 0.3) is 0 Å². The van der Waals surface area contributed by atoms with Gasteiger partial charge < -0.3 is 0 Å². The summed E-state index contributed by atoms with van der Waals surface area (Å²) in [6.07, 6.45) is 4.87. The third-order valence-electron chi connectivity index (χ3n) is 2.74. The molecule has 7 heteroatoms. The van der Waals surface area contributed by atoms with E-state index in [0.29, 0.717) is 23.1 Å². The van der Waals surface area contributed by atoms with Crippen molar-refractivity contribution in [2.75, 3.05) is 0 Å². The predicted molar refractivity (Wildman–Crippen MR) is 72.3 cm³/mol. The highest BCUT2D eigenvalue weighted by Gasteiger charge is 2.13. The number of aromatic nitrogens is 4. The predicted octanol–water partition coefficient (Wildman–Crippen LogP) is 1.99. The van der Waals surface area contributed by atoms with Gasteiger partial charge in [-0.05, 0) is 23.8 Å². The van der Waals surface area contributed by atoms with Gasteiger partial charge in [0.2, 0.25) is 0 Å². The van der Waals surface area contributed by atoms with Crippen molar-refractivity contribution in [2.45, 2.75) is 6.54 Å². The maximum Gasteiger partial charge on any atom is 0.442 e. The molecule has 0 bridgehead atoms. The first kappa shape index (κ1) is 12.6. The monoisotopic (exact) mass is 288 g/mol. The average molecular weight is 289 g/mol. The van der Waals surface area contributed by atoms with Crippen LogP contribution in [0.2, 0.25) is 5.15 Å². The van der Waals surface area contributed by atoms with Gasteiger partial charge >= 0.3 is 5.76 Å². The highest BCUT2D eigenvalue weighted by atomic mass is 35.5. The van der Waals surface area contributed by atoms with Crippen LogP contribution in [0.5, 0.6) is 0 Å². The minimum Gasteiger partial charge on any atom is -0.295 e. The molecule has 20 heavy (non-hydrogen) atoms. The highest BCUT2D eigenvalue weighted by Crippen LogP contribution is 2.15. The fourth-order valence-corrected chi connectivity index (χ4v) is 1.90. The summed E-state index contributed by atoms with van der Waals surface area (Å²) in [5.41, 5.74) is 1.53. The molecule has 3 aromatic rings. The van der Waals surface area contributed by atoms with Gasteiger partial charge in [-0.1, -0.05) is 22.8 Å². The van der Waals surface area contributed by atoms with Gasteiger partial charge in [-0.2, -0.15) is 0 Å². The molecule has 100 valence electrons. The Hall–Kier alpha value is -2.47. The lowest BCUT2D eigenvalue weighted by atomic mass is 10.2. The number of hydrogen-bond donors (Lipinski definition) is 0. The summed E-state index contributed by atoms with van der Waals surface area (Å²) >= 11 is 5.73. The van der Waals surface area contributed by atoms with Crippen LogP contribution in [0.3, 0.4) is 0 Å². The van der Waals surface area contributed by atoms with E-state index in [9.17, 15) is 4.79 Å². The molecule has 0 amide bonds. The minimum absolute atomic E-state index is 0.302. The summed E-state index contributed by atoms with van der Waals surface area (Å²) in [5.74, 6) is -0.100. The van der Waals surface area contributed by atoms with Crippen LogP contribution < -0.4 is 5.76 Å². The lowest BCUT2D eigenvalue weighted by molar-refractivity contribution is 0.378. The standard InChI is InChI=1S/C13H9ClN4O2/c14-11-4-3-9(6-16-11)8-18-12(17-20-13(18)19)10-2-1-5-15-7-10/h1-7H,8H2. The van der Waals surface area contributed by atoms with Gasteiger partial charge in [0, 0.05) is 24.2 Å². The quantitative estimate of drug-likeness (QED) is 0.689. The number of nitrogens with zero attached hydrogens (tertiary/aromatic N) is 4. The van der Waals surface area contributed by atoms with Crippen LogP contribution in [-0.2, 0) is 6.54 Å². The summed E-state index contributed by atoms with van der Waals surface area (Å²) in [4.78, 5) is 19.7. The maximum absolute atomic E-state index is 11.8. The Bertz CT molecular complexity index is 765. The molecule has 0 unspecified atom stereocenters. The molecule has 0 N–H and O–H groups in total. The molecule has 3 rings (SSSR count). The molecular weight excluding hydrogens is 280 g/mol. The smallest absolute Gasteiger partial charge is 0.295 e. The van der Waals surface area contributed by atoms with Crippen molar-refractivity contribution in [1.29, 1.82) is 0 Å². The molecule has 0 fully saturated rings. The first-order chi connectivity index (χ1) is 9.74. The fraction of sp³-hybridized carbons (Fsp3) is 0.0769. The van der Waals surface area contributed by atoms with Crippen LogP contribution in [-0.4, -0.2) is 19.7 Å². The van der Waals surface area contributed by atoms with Crippen molar-refractivity contribution < 1.29 is 4.52 Å². The van der Waals surface area contributed by atoms with E-state index >= 15 is 0 Å². The Morgan fingerprint density at radius 2 is 2.15 bits per heavy atom. The molecule has 0 aliphatic carbocycles. The highest BCUT2D eigenvalue weighted by molar-refractivity contribution is 6.29. The van der Waals surface area contributed by atoms with Crippen LogP contribution in [0.15, 0.2) is 52.2 Å². The molecule has 6 nitrogen and oxygen atoms in total. The van der Waals surface area contributed by atoms with E-state index in [-0.39, 0.29) is 0 Å². The van der Waals surface area contributed by atoms with Crippen LogP contribution >= 0.6 is 11.6 Å². The normalized spacial score (nSPS) is 10.7. The molecule has 0 spiro atoms. The number of pyridine rings is 2. The van der Waals surface area contributed by atoms with Crippen LogP contribution in [0.1, 0.15) is 5.56 Å². The molecule has 0 atom stereocenters. The molecule has 0 saturated heterocycles. The topological polar surface area (TPSA) is 73.8 Å². The van der Waals surface area contributed by atoms with E-state index in [2.05, 4.69) is 15.1 Å². The van der Waals surface area contributed by atoms with Gasteiger partial charge in [-0.25, -0.2) is 9.78 Å². The molecule has 3 heterocycles. The number of hydrogen-bond acceptors (Lipinski definition) is 5. The van der Waals surface area contributed by atoms with E-state index in [4.69, 9.17) is 16.1 Å². The van der Waals surface area contributed by atoms with Crippen LogP contribution in [0.4, 0.5) is 0 Å². The van der Waals surface area contributed by atoms with E-state index in [1.54, 1.807) is 42.9 Å². The second-order valence-corrected chi connectivity index (χ2v) is 4.48. The summed E-state index contributed by atoms with van der Waals surface area (Å²) in [7, 11) is 0. The SMILES string of the molecule is O=c1onc(-c2cccnc2)n1Cc1ccc(Cl)nc1. The van der Waals surface area contributed by atoms with Crippen molar-refractivity contribution in [1.82, 2.24) is 19.7 Å². The number of rotatable bonds is 3. The van der Waals surface area contributed by atoms with Gasteiger partial charge in [0.15, 0.2) is 5.82 Å². The molecule has 0 aliphatic rings. The summed E-state index contributed by atoms with van der Waals surface area (Å²) in [6, 6.07) is 7.03. The average Bonchev–Trinajstić information content (AvgIpc) is 2.84. The van der Waals surface area contributed by atoms with Crippen LogP contribution in [0.25, 0.3) is 11.4 Å². The molecule has 0 radical (unpaired) electrons. The summed E-state index contributed by atoms with van der Waals surface area (Å²) < 4.78 is 6.15. The summed E-state index contributed by atoms with van der Waals surface area (Å²) in [6.45, 7) is 0.302. The Balaban J connectivity index is 2.00. The first-order valence-electron chi connectivity index (χ1n) is 5.81. The Labute approximate surface area is 118 Å². The zero-order valence-electron chi connectivity index (χ0n) is 10.2. The largest absolute Gasteiger partial charge is 0.442 e. The molecular formula is C13H9ClN4O2. The van der Waals surface area contributed by atoms with Crippen molar-refractivity contribution in [3.63, 3.8) is 0 Å². The summed E-state index contributed by atoms with van der Waals surface area (Å²) in [5, 5.41) is 4.19. The van der Waals surface area contributed by atoms with Gasteiger partial charge in [-0.15, -0.1) is 0 Å². The Morgan fingerprint density at radius 3 is 2.85 bits per heavy atom. The van der Waals surface area contributed by atoms with Crippen molar-refractivity contribution >= 4 is 11.6 Å². The minimum atomic E-state index is -0.529. The first-order valence-corrected chi connectivity index (χ1v) is 6.19. The molecule has 0 saturated carbocycles. The molecule has 0 aromatic carbocycles. The lowest BCUT2D eigenvalue weighted by Crippen LogP contribution is -2.16. The Morgan fingerprint density at radius 1 is 1.25 bits per heavy atom. The zero-order valence-corrected chi connectivity index (χ0v) is 11.0. The van der Waals surface area contributed by atoms with Crippen molar-refractivity contribution in [2.24, 2.45) is 0 Å². The zero-order chi connectivity index (χ0) is 13.9. The van der Waals surface area contributed by atoms with Gasteiger partial charge in [0.1, 0.15) is 5.15 Å².